The number of nitrogens with zero attached hydrogens (tertiary/aromatic N) is 2. The second-order valence-corrected chi connectivity index (χ2v) is 19.9. The number of carboxylic acid groups (broad SMARTS) is 1. The molecule has 0 radical (unpaired) electrons. The van der Waals surface area contributed by atoms with Gasteiger partial charge in [-0.2, -0.15) is 0 Å². The van der Waals surface area contributed by atoms with Crippen molar-refractivity contribution in [2.45, 2.75) is 181 Å². The Kier molecular flexibility index (Phi) is 21.9. The quantitative estimate of drug-likeness (QED) is 0.0831. The number of amides is 5. The van der Waals surface area contributed by atoms with E-state index in [0.717, 1.165) is 5.56 Å². The van der Waals surface area contributed by atoms with Crippen molar-refractivity contribution < 1.29 is 48.1 Å². The topological polar surface area (TPSA) is 219 Å². The Morgan fingerprint density at radius 1 is 0.938 bits per heavy atom. The zero-order valence-electron chi connectivity index (χ0n) is 41.2. The lowest BCUT2D eigenvalue weighted by Gasteiger charge is -2.41. The average Bonchev–Trinajstić information content (AvgIpc) is 3.70. The fraction of sp³-hybridized carbons (Fsp3) is 0.750. The molecule has 1 aromatic rings. The van der Waals surface area contributed by atoms with Crippen LogP contribution in [0.1, 0.15) is 127 Å². The van der Waals surface area contributed by atoms with Gasteiger partial charge < -0.3 is 50.8 Å². The zero-order valence-corrected chi connectivity index (χ0v) is 41.2. The summed E-state index contributed by atoms with van der Waals surface area (Å²) in [6.45, 7) is 21.1. The zero-order chi connectivity index (χ0) is 48.7. The van der Waals surface area contributed by atoms with Crippen molar-refractivity contribution in [1.29, 1.82) is 0 Å². The number of aliphatic carboxylic acids is 1. The minimum atomic E-state index is -1.35. The van der Waals surface area contributed by atoms with E-state index in [4.69, 9.17) is 19.9 Å². The number of carbonyl (C=O) groups is 6. The van der Waals surface area contributed by atoms with Gasteiger partial charge >= 0.3 is 5.97 Å². The van der Waals surface area contributed by atoms with Gasteiger partial charge in [0.2, 0.25) is 29.5 Å². The summed E-state index contributed by atoms with van der Waals surface area (Å²) in [5.74, 6) is -4.34. The Morgan fingerprint density at radius 3 is 2.09 bits per heavy atom. The summed E-state index contributed by atoms with van der Waals surface area (Å²) < 4.78 is 17.9. The Labute approximate surface area is 382 Å². The molecule has 2 rings (SSSR count). The fourth-order valence-electron chi connectivity index (χ4n) is 8.26. The van der Waals surface area contributed by atoms with Crippen molar-refractivity contribution in [2.75, 3.05) is 34.4 Å². The highest BCUT2D eigenvalue weighted by atomic mass is 16.5. The van der Waals surface area contributed by atoms with Crippen LogP contribution in [0.3, 0.4) is 0 Å². The molecule has 0 spiro atoms. The largest absolute Gasteiger partial charge is 0.480 e. The number of carboxylic acids is 1. The minimum absolute atomic E-state index is 0.0700. The number of likely N-dealkylation sites (tertiary alicyclic amines) is 1. The highest BCUT2D eigenvalue weighted by Crippen LogP contribution is 2.30. The van der Waals surface area contributed by atoms with E-state index in [1.807, 2.05) is 73.6 Å². The monoisotopic (exact) mass is 903 g/mol. The maximum Gasteiger partial charge on any atom is 0.326 e. The third-order valence-electron chi connectivity index (χ3n) is 12.6. The molecule has 1 saturated heterocycles. The molecule has 8 atom stereocenters. The fourth-order valence-corrected chi connectivity index (χ4v) is 8.26. The number of methoxy groups -OCH3 is 2. The van der Waals surface area contributed by atoms with Crippen LogP contribution in [0.5, 0.6) is 0 Å². The van der Waals surface area contributed by atoms with Crippen LogP contribution in [0.2, 0.25) is 0 Å². The molecule has 0 aliphatic carbocycles. The van der Waals surface area contributed by atoms with Gasteiger partial charge in [-0.3, -0.25) is 24.0 Å². The average molecular weight is 903 g/mol. The number of benzene rings is 1. The lowest BCUT2D eigenvalue weighted by molar-refractivity contribution is -0.148. The Hall–Kier alpha value is -4.12. The van der Waals surface area contributed by atoms with Crippen LogP contribution in [0, 0.1) is 17.8 Å². The van der Waals surface area contributed by atoms with Crippen LogP contribution in [-0.4, -0.2) is 138 Å². The van der Waals surface area contributed by atoms with Crippen molar-refractivity contribution in [3.63, 3.8) is 0 Å². The number of hydrogen-bond acceptors (Lipinski definition) is 10. The molecule has 16 nitrogen and oxygen atoms in total. The Bertz CT molecular complexity index is 1680. The van der Waals surface area contributed by atoms with E-state index in [1.54, 1.807) is 49.8 Å². The lowest BCUT2D eigenvalue weighted by atomic mass is 9.89. The van der Waals surface area contributed by atoms with E-state index in [2.05, 4.69) is 16.0 Å². The summed E-state index contributed by atoms with van der Waals surface area (Å²) in [5.41, 5.74) is 4.55. The molecule has 1 aromatic carbocycles. The van der Waals surface area contributed by atoms with E-state index in [1.165, 1.54) is 14.2 Å². The SMILES string of the molecule is CC[C@H](C)[C@@H]([C@@H](CC(=O)N1CCC[C@H]1C(OC)[C@@H](C)C(=O)N[C@@H](Cc1ccccc1)C(=O)O)OC)N(C)C(=O)[C@@H](NC(=O)C(C)(C)NC(=O)CCC(C)(C)OCCC(C)(C)N)C(C)C. The predicted molar refractivity (Wildman–Crippen MR) is 247 cm³/mol. The van der Waals surface area contributed by atoms with Crippen molar-refractivity contribution in [2.24, 2.45) is 23.5 Å². The van der Waals surface area contributed by atoms with Gasteiger partial charge in [-0.1, -0.05) is 71.4 Å². The molecule has 1 unspecified atom stereocenters. The molecule has 1 aliphatic heterocycles. The van der Waals surface area contributed by atoms with Crippen LogP contribution in [-0.2, 0) is 49.4 Å². The number of likely N-dealkylation sites (N-methyl/N-ethyl adjacent to an activating group) is 1. The molecule has 64 heavy (non-hydrogen) atoms. The molecule has 16 heteroatoms. The molecule has 0 aromatic heterocycles. The number of nitrogens with two attached hydrogens (primary N) is 1. The van der Waals surface area contributed by atoms with Crippen molar-refractivity contribution in [3.05, 3.63) is 35.9 Å². The summed E-state index contributed by atoms with van der Waals surface area (Å²) in [4.78, 5) is 84.7. The van der Waals surface area contributed by atoms with Gasteiger partial charge in [0.25, 0.3) is 0 Å². The summed E-state index contributed by atoms with van der Waals surface area (Å²) in [6, 6.07) is 5.91. The maximum atomic E-state index is 14.5. The first kappa shape index (κ1) is 56.0. The highest BCUT2D eigenvalue weighted by Gasteiger charge is 2.44. The van der Waals surface area contributed by atoms with E-state index >= 15 is 0 Å². The second kappa shape index (κ2) is 25.0. The summed E-state index contributed by atoms with van der Waals surface area (Å²) >= 11 is 0. The molecular weight excluding hydrogens is 821 g/mol. The van der Waals surface area contributed by atoms with Gasteiger partial charge in [0.15, 0.2) is 0 Å². The third-order valence-corrected chi connectivity index (χ3v) is 12.6. The molecule has 0 bridgehead atoms. The summed E-state index contributed by atoms with van der Waals surface area (Å²) in [5, 5.41) is 18.3. The summed E-state index contributed by atoms with van der Waals surface area (Å²) in [6.07, 6.45) is 1.70. The molecule has 364 valence electrons. The third kappa shape index (κ3) is 17.0. The molecule has 1 heterocycles. The maximum absolute atomic E-state index is 14.5. The first-order valence-electron chi connectivity index (χ1n) is 22.9. The van der Waals surface area contributed by atoms with Gasteiger partial charge in [-0.15, -0.1) is 0 Å². The molecule has 5 amide bonds. The summed E-state index contributed by atoms with van der Waals surface area (Å²) in [7, 11) is 4.64. The van der Waals surface area contributed by atoms with E-state index < -0.39 is 71.2 Å². The van der Waals surface area contributed by atoms with Crippen LogP contribution in [0.15, 0.2) is 30.3 Å². The van der Waals surface area contributed by atoms with Gasteiger partial charge in [-0.25, -0.2) is 4.79 Å². The first-order chi connectivity index (χ1) is 29.7. The minimum Gasteiger partial charge on any atom is -0.480 e. The van der Waals surface area contributed by atoms with Crippen molar-refractivity contribution in [3.8, 4) is 0 Å². The van der Waals surface area contributed by atoms with Gasteiger partial charge in [0.05, 0.1) is 42.2 Å². The lowest BCUT2D eigenvalue weighted by Crippen LogP contribution is -2.62. The highest BCUT2D eigenvalue weighted by molar-refractivity contribution is 5.94. The van der Waals surface area contributed by atoms with E-state index in [-0.39, 0.29) is 54.4 Å². The van der Waals surface area contributed by atoms with Gasteiger partial charge in [0, 0.05) is 52.8 Å². The number of rotatable bonds is 27. The Balaban J connectivity index is 2.20. The van der Waals surface area contributed by atoms with Crippen LogP contribution in [0.25, 0.3) is 0 Å². The molecular formula is C48H82N6O10. The van der Waals surface area contributed by atoms with Crippen LogP contribution >= 0.6 is 0 Å². The number of nitrogens with one attached hydrogen (secondary N) is 3. The van der Waals surface area contributed by atoms with E-state index in [0.29, 0.717) is 45.3 Å². The Morgan fingerprint density at radius 2 is 1.56 bits per heavy atom. The smallest absolute Gasteiger partial charge is 0.326 e. The molecule has 1 fully saturated rings. The number of carbonyl (C=O) groups excluding carboxylic acids is 5. The molecule has 0 saturated carbocycles. The number of hydrogen-bond donors (Lipinski definition) is 5. The molecule has 1 aliphatic rings. The van der Waals surface area contributed by atoms with Gasteiger partial charge in [-0.05, 0) is 84.6 Å². The standard InChI is InChI=1S/C48H82N6O10/c1-15-31(4)40(53(12)43(58)39(30(2)3)51-45(61)48(10,11)52-37(55)23-24-47(8,9)64-27-25-46(6,7)49)36(62-13)29-38(56)54-26-19-22-35(54)41(63-14)32(5)42(57)50-34(44(59)60)28-33-20-17-16-18-21-33/h16-18,20-21,30-32,34-36,39-41H,15,19,22-29,49H2,1-14H3,(H,50,57)(H,51,61)(H,52,55)(H,59,60)/t31-,32+,34-,35-,36+,39-,40-,41?/m0/s1. The predicted octanol–water partition coefficient (Wildman–Crippen LogP) is 4.46. The van der Waals surface area contributed by atoms with Crippen LogP contribution in [0.4, 0.5) is 0 Å². The van der Waals surface area contributed by atoms with Crippen molar-refractivity contribution >= 4 is 35.5 Å². The number of ether oxygens (including phenoxy) is 3. The van der Waals surface area contributed by atoms with Gasteiger partial charge in [0.1, 0.15) is 17.6 Å². The first-order valence-corrected chi connectivity index (χ1v) is 22.9. The molecule has 6 N–H and O–H groups in total. The second-order valence-electron chi connectivity index (χ2n) is 19.9. The van der Waals surface area contributed by atoms with Crippen LogP contribution < -0.4 is 21.7 Å². The normalized spacial score (nSPS) is 18.0. The van der Waals surface area contributed by atoms with E-state index in [9.17, 15) is 33.9 Å². The van der Waals surface area contributed by atoms with Crippen molar-refractivity contribution in [1.82, 2.24) is 25.8 Å².